The van der Waals surface area contributed by atoms with Crippen molar-refractivity contribution in [1.82, 2.24) is 14.6 Å². The molecule has 0 spiro atoms. The molecule has 2 aliphatic heterocycles. The molecule has 0 radical (unpaired) electrons. The monoisotopic (exact) mass is 751 g/mol. The molecule has 1 N–H and O–H groups in total. The highest BCUT2D eigenvalue weighted by molar-refractivity contribution is 7.90. The first-order chi connectivity index (χ1) is 25.0. The highest BCUT2D eigenvalue weighted by Gasteiger charge is 2.61. The maximum absolute atomic E-state index is 14.8. The molecule has 6 rings (SSSR count). The molecule has 3 fully saturated rings. The number of allylic oxidation sites excluding steroid dienone is 2. The molecule has 1 saturated heterocycles. The summed E-state index contributed by atoms with van der Waals surface area (Å²) in [5.41, 5.74) is -1.99. The molecule has 7 atom stereocenters. The molecular formula is C40H53N3O9S. The van der Waals surface area contributed by atoms with Crippen molar-refractivity contribution >= 4 is 44.4 Å². The van der Waals surface area contributed by atoms with E-state index in [2.05, 4.69) is 16.6 Å². The lowest BCUT2D eigenvalue weighted by atomic mass is 9.84. The van der Waals surface area contributed by atoms with Crippen LogP contribution in [-0.2, 0) is 33.9 Å². The van der Waals surface area contributed by atoms with Gasteiger partial charge in [-0.1, -0.05) is 32.4 Å². The number of methoxy groups -OCH3 is 1. The van der Waals surface area contributed by atoms with Crippen LogP contribution in [0.4, 0.5) is 0 Å². The molecule has 13 heteroatoms. The Morgan fingerprint density at radius 3 is 2.51 bits per heavy atom. The van der Waals surface area contributed by atoms with Gasteiger partial charge in [-0.15, -0.1) is 0 Å². The van der Waals surface area contributed by atoms with Gasteiger partial charge in [-0.05, 0) is 100 Å². The average Bonchev–Trinajstić information content (AvgIpc) is 4.01. The van der Waals surface area contributed by atoms with Crippen LogP contribution in [0.1, 0.15) is 92.4 Å². The predicted molar refractivity (Wildman–Crippen MR) is 198 cm³/mol. The van der Waals surface area contributed by atoms with Crippen LogP contribution in [0.3, 0.4) is 0 Å². The number of benzene rings is 1. The van der Waals surface area contributed by atoms with Gasteiger partial charge in [0.25, 0.3) is 0 Å². The van der Waals surface area contributed by atoms with Crippen molar-refractivity contribution in [1.29, 1.82) is 0 Å². The van der Waals surface area contributed by atoms with Crippen molar-refractivity contribution in [3.63, 3.8) is 0 Å². The molecule has 4 aliphatic rings. The summed E-state index contributed by atoms with van der Waals surface area (Å²) in [6, 6.07) is 6.40. The summed E-state index contributed by atoms with van der Waals surface area (Å²) in [7, 11) is -2.26. The summed E-state index contributed by atoms with van der Waals surface area (Å²) >= 11 is 0. The Morgan fingerprint density at radius 2 is 1.81 bits per heavy atom. The Balaban J connectivity index is 1.34. The summed E-state index contributed by atoms with van der Waals surface area (Å²) in [6.45, 7) is 9.45. The zero-order valence-electron chi connectivity index (χ0n) is 31.6. The molecule has 0 unspecified atom stereocenters. The van der Waals surface area contributed by atoms with Crippen LogP contribution in [0, 0.1) is 29.1 Å². The van der Waals surface area contributed by atoms with Crippen molar-refractivity contribution in [3.8, 4) is 11.6 Å². The Hall–Kier alpha value is -4.00. The Bertz CT molecular complexity index is 1880. The minimum atomic E-state index is -3.85. The van der Waals surface area contributed by atoms with Crippen molar-refractivity contribution in [3.05, 3.63) is 42.6 Å². The second-order valence-electron chi connectivity index (χ2n) is 16.6. The van der Waals surface area contributed by atoms with E-state index in [-0.39, 0.29) is 55.3 Å². The number of aromatic nitrogens is 1. The van der Waals surface area contributed by atoms with E-state index in [1.807, 2.05) is 37.3 Å². The number of hydrogen-bond acceptors (Lipinski definition) is 10. The quantitative estimate of drug-likeness (QED) is 0.269. The third-order valence-corrected chi connectivity index (χ3v) is 13.0. The van der Waals surface area contributed by atoms with Gasteiger partial charge in [-0.25, -0.2) is 13.4 Å². The number of esters is 1. The van der Waals surface area contributed by atoms with Crippen LogP contribution in [0.5, 0.6) is 11.6 Å². The maximum Gasteiger partial charge on any atom is 0.307 e. The van der Waals surface area contributed by atoms with Crippen LogP contribution in [0.25, 0.3) is 10.8 Å². The molecule has 53 heavy (non-hydrogen) atoms. The third-order valence-electron chi connectivity index (χ3n) is 11.2. The number of fused-ring (bicyclic) bond motifs is 3. The van der Waals surface area contributed by atoms with Crippen LogP contribution < -0.4 is 14.2 Å². The molecule has 12 nitrogen and oxygen atoms in total. The van der Waals surface area contributed by atoms with Gasteiger partial charge in [0.2, 0.25) is 27.7 Å². The van der Waals surface area contributed by atoms with Crippen molar-refractivity contribution in [2.24, 2.45) is 29.1 Å². The average molecular weight is 752 g/mol. The summed E-state index contributed by atoms with van der Waals surface area (Å²) in [5, 5.41) is 0.986. The van der Waals surface area contributed by atoms with Crippen molar-refractivity contribution in [2.45, 2.75) is 115 Å². The number of pyridine rings is 1. The van der Waals surface area contributed by atoms with Gasteiger partial charge in [-0.2, -0.15) is 0 Å². The number of carbonyl (C=O) groups excluding carboxylic acids is 4. The molecule has 3 heterocycles. The SMILES string of the molecule is COc1ccc2c(O[C@@H]3C[C@H]4C(=O)C[C@]5(C(=O)NS(=O)(=O)C6CC6)C[C@H]5/C=C\[C@@H](C)CCC[C@@H](C)[C@H](CC(=O)OC(C)(C)C)C(=O)N4C3)nccc2c1. The molecule has 0 bridgehead atoms. The van der Waals surface area contributed by atoms with E-state index in [0.29, 0.717) is 37.3 Å². The largest absolute Gasteiger partial charge is 0.497 e. The predicted octanol–water partition coefficient (Wildman–Crippen LogP) is 5.53. The number of nitrogens with zero attached hydrogens (tertiary/aromatic N) is 2. The molecule has 288 valence electrons. The van der Waals surface area contributed by atoms with Crippen molar-refractivity contribution in [2.75, 3.05) is 13.7 Å². The highest BCUT2D eigenvalue weighted by atomic mass is 32.2. The van der Waals surface area contributed by atoms with Gasteiger partial charge in [0, 0.05) is 24.4 Å². The van der Waals surface area contributed by atoms with Crippen LogP contribution in [0.2, 0.25) is 0 Å². The molecule has 1 aromatic carbocycles. The lowest BCUT2D eigenvalue weighted by Gasteiger charge is -2.32. The number of ketones is 1. The second-order valence-corrected chi connectivity index (χ2v) is 18.6. The standard InChI is InChI=1S/C40H53N3O9S/c1-24-8-7-9-25(2)32(20-35(45)52-39(3,4)5)37(46)43-23-29(51-36-31-15-12-28(50-6)18-26(31)16-17-41-36)19-33(43)34(44)22-40(21-27(40)11-10-24)38(47)42-53(48,49)30-13-14-30/h10-12,15-18,24-25,27,29-30,32-33H,7-9,13-14,19-23H2,1-6H3,(H,42,47)/b11-10-/t24-,25+,27+,29+,32-,33-,40+/m0/s1. The van der Waals surface area contributed by atoms with Gasteiger partial charge in [-0.3, -0.25) is 23.9 Å². The molecule has 2 aromatic rings. The zero-order chi connectivity index (χ0) is 38.3. The number of rotatable bonds is 8. The summed E-state index contributed by atoms with van der Waals surface area (Å²) in [5.74, 6) is -1.94. The number of ether oxygens (including phenoxy) is 3. The van der Waals surface area contributed by atoms with Gasteiger partial charge < -0.3 is 19.1 Å². The fourth-order valence-corrected chi connectivity index (χ4v) is 9.27. The summed E-state index contributed by atoms with van der Waals surface area (Å²) in [6.07, 6.45) is 8.40. The molecule has 2 aliphatic carbocycles. The lowest BCUT2D eigenvalue weighted by molar-refractivity contribution is -0.159. The minimum absolute atomic E-state index is 0.0661. The number of nitrogens with one attached hydrogen (secondary N) is 1. The fourth-order valence-electron chi connectivity index (χ4n) is 7.88. The van der Waals surface area contributed by atoms with Crippen molar-refractivity contribution < 1.29 is 41.8 Å². The molecule has 2 amide bonds. The highest BCUT2D eigenvalue weighted by Crippen LogP contribution is 2.57. The van der Waals surface area contributed by atoms with Gasteiger partial charge >= 0.3 is 5.97 Å². The van der Waals surface area contributed by atoms with E-state index in [0.717, 1.165) is 23.6 Å². The zero-order valence-corrected chi connectivity index (χ0v) is 32.4. The van der Waals surface area contributed by atoms with Gasteiger partial charge in [0.05, 0.1) is 42.7 Å². The van der Waals surface area contributed by atoms with E-state index in [1.165, 1.54) is 4.90 Å². The Morgan fingerprint density at radius 1 is 1.06 bits per heavy atom. The first-order valence-corrected chi connectivity index (χ1v) is 20.4. The maximum atomic E-state index is 14.8. The molecule has 1 aromatic heterocycles. The van der Waals surface area contributed by atoms with Crippen LogP contribution in [-0.4, -0.2) is 78.5 Å². The van der Waals surface area contributed by atoms with Gasteiger partial charge in [0.1, 0.15) is 17.5 Å². The summed E-state index contributed by atoms with van der Waals surface area (Å²) in [4.78, 5) is 62.4. The third kappa shape index (κ3) is 8.87. The number of carbonyl (C=O) groups is 4. The number of amides is 2. The fraction of sp³-hybridized carbons (Fsp3) is 0.625. The van der Waals surface area contributed by atoms with E-state index in [9.17, 15) is 27.6 Å². The first-order valence-electron chi connectivity index (χ1n) is 18.9. The molecule has 2 saturated carbocycles. The number of hydrogen-bond donors (Lipinski definition) is 1. The Kier molecular flexibility index (Phi) is 11.0. The van der Waals surface area contributed by atoms with E-state index in [4.69, 9.17) is 14.2 Å². The van der Waals surface area contributed by atoms with Crippen LogP contribution >= 0.6 is 0 Å². The Labute approximate surface area is 312 Å². The smallest absolute Gasteiger partial charge is 0.307 e. The summed E-state index contributed by atoms with van der Waals surface area (Å²) < 4.78 is 45.6. The van der Waals surface area contributed by atoms with E-state index < -0.39 is 56.2 Å². The number of Topliss-reactive ketones (excluding diaryl/α,β-unsaturated/α-hetero) is 1. The first kappa shape index (κ1) is 38.7. The second kappa shape index (κ2) is 15.0. The van der Waals surface area contributed by atoms with E-state index in [1.54, 1.807) is 40.1 Å². The normalized spacial score (nSPS) is 30.3. The van der Waals surface area contributed by atoms with Crippen LogP contribution in [0.15, 0.2) is 42.6 Å². The lowest BCUT2D eigenvalue weighted by Crippen LogP contribution is -2.47. The topological polar surface area (TPSA) is 158 Å². The minimum Gasteiger partial charge on any atom is -0.497 e. The van der Waals surface area contributed by atoms with Gasteiger partial charge in [0.15, 0.2) is 5.78 Å². The molecular weight excluding hydrogens is 699 g/mol. The number of sulfonamides is 1. The van der Waals surface area contributed by atoms with E-state index >= 15 is 0 Å².